The zero-order chi connectivity index (χ0) is 15.5. The van der Waals surface area contributed by atoms with Gasteiger partial charge in [-0.3, -0.25) is 9.69 Å². The van der Waals surface area contributed by atoms with E-state index in [4.69, 9.17) is 0 Å². The Bertz CT molecular complexity index is 472. The quantitative estimate of drug-likeness (QED) is 0.894. The highest BCUT2D eigenvalue weighted by Gasteiger charge is 2.33. The normalized spacial score (nSPS) is 23.8. The predicted octanol–water partition coefficient (Wildman–Crippen LogP) is 2.33. The van der Waals surface area contributed by atoms with Crippen molar-refractivity contribution in [1.29, 1.82) is 0 Å². The fourth-order valence-corrected chi connectivity index (χ4v) is 2.72. The second-order valence-electron chi connectivity index (χ2n) is 6.79. The van der Waals surface area contributed by atoms with E-state index in [0.717, 1.165) is 25.3 Å². The summed E-state index contributed by atoms with van der Waals surface area (Å²) in [5.74, 6) is 0.0760. The van der Waals surface area contributed by atoms with Crippen LogP contribution in [0.15, 0.2) is 30.3 Å². The minimum Gasteiger partial charge on any atom is -0.326 e. The fraction of sp³-hybridized carbons (Fsp3) is 0.588. The molecule has 1 aliphatic rings. The van der Waals surface area contributed by atoms with Crippen molar-refractivity contribution in [2.24, 2.45) is 5.41 Å². The summed E-state index contributed by atoms with van der Waals surface area (Å²) >= 11 is 0. The number of hydrogen-bond donors (Lipinski definition) is 2. The summed E-state index contributed by atoms with van der Waals surface area (Å²) in [7, 11) is 0. The van der Waals surface area contributed by atoms with E-state index in [2.05, 4.69) is 29.4 Å². The molecule has 1 aromatic rings. The Labute approximate surface area is 127 Å². The lowest BCUT2D eigenvalue weighted by molar-refractivity contribution is -0.125. The third-order valence-corrected chi connectivity index (χ3v) is 4.14. The average molecular weight is 289 g/mol. The van der Waals surface area contributed by atoms with Crippen LogP contribution in [-0.2, 0) is 4.79 Å². The Balaban J connectivity index is 1.98. The van der Waals surface area contributed by atoms with Gasteiger partial charge in [-0.2, -0.15) is 0 Å². The third kappa shape index (κ3) is 4.29. The lowest BCUT2D eigenvalue weighted by atomic mass is 9.90. The van der Waals surface area contributed by atoms with Crippen LogP contribution >= 0.6 is 0 Å². The van der Waals surface area contributed by atoms with Gasteiger partial charge in [-0.1, -0.05) is 18.2 Å². The van der Waals surface area contributed by atoms with Gasteiger partial charge in [0, 0.05) is 37.4 Å². The van der Waals surface area contributed by atoms with E-state index in [1.807, 2.05) is 44.2 Å². The third-order valence-electron chi connectivity index (χ3n) is 4.14. The van der Waals surface area contributed by atoms with Gasteiger partial charge in [-0.05, 0) is 39.8 Å². The number of piperazine rings is 1. The molecule has 116 valence electrons. The van der Waals surface area contributed by atoms with Crippen LogP contribution in [0.4, 0.5) is 5.69 Å². The van der Waals surface area contributed by atoms with Crippen molar-refractivity contribution < 1.29 is 4.79 Å². The number of nitrogens with zero attached hydrogens (tertiary/aromatic N) is 1. The smallest absolute Gasteiger partial charge is 0.231 e. The van der Waals surface area contributed by atoms with Crippen LogP contribution in [-0.4, -0.2) is 42.5 Å². The van der Waals surface area contributed by atoms with E-state index in [-0.39, 0.29) is 5.91 Å². The van der Waals surface area contributed by atoms with Crippen LogP contribution in [0.2, 0.25) is 0 Å². The SMILES string of the molecule is CC1CN(CC(C)(C)C(=O)Nc2ccccc2)C(C)CN1. The van der Waals surface area contributed by atoms with Crippen molar-refractivity contribution in [3.8, 4) is 0 Å². The zero-order valence-electron chi connectivity index (χ0n) is 13.5. The summed E-state index contributed by atoms with van der Waals surface area (Å²) in [6.07, 6.45) is 0. The van der Waals surface area contributed by atoms with Crippen LogP contribution in [0.3, 0.4) is 0 Å². The first-order valence-corrected chi connectivity index (χ1v) is 7.72. The second kappa shape index (κ2) is 6.58. The summed E-state index contributed by atoms with van der Waals surface area (Å²) in [5.41, 5.74) is 0.443. The van der Waals surface area contributed by atoms with Crippen LogP contribution < -0.4 is 10.6 Å². The molecule has 0 saturated carbocycles. The Morgan fingerprint density at radius 3 is 2.67 bits per heavy atom. The fourth-order valence-electron chi connectivity index (χ4n) is 2.72. The number of rotatable bonds is 4. The topological polar surface area (TPSA) is 44.4 Å². The van der Waals surface area contributed by atoms with Crippen molar-refractivity contribution in [2.75, 3.05) is 25.0 Å². The monoisotopic (exact) mass is 289 g/mol. The molecule has 2 unspecified atom stereocenters. The average Bonchev–Trinajstić information content (AvgIpc) is 2.43. The summed E-state index contributed by atoms with van der Waals surface area (Å²) in [5, 5.41) is 6.49. The molecular formula is C17H27N3O. The molecule has 1 fully saturated rings. The molecule has 1 aromatic carbocycles. The van der Waals surface area contributed by atoms with Crippen LogP contribution in [0, 0.1) is 5.41 Å². The maximum atomic E-state index is 12.5. The number of benzene rings is 1. The highest BCUT2D eigenvalue weighted by Crippen LogP contribution is 2.22. The lowest BCUT2D eigenvalue weighted by Gasteiger charge is -2.41. The predicted molar refractivity (Wildman–Crippen MR) is 87.4 cm³/mol. The van der Waals surface area contributed by atoms with Gasteiger partial charge in [0.1, 0.15) is 0 Å². The number of para-hydroxylation sites is 1. The number of nitrogens with one attached hydrogen (secondary N) is 2. The van der Waals surface area contributed by atoms with Gasteiger partial charge in [0.15, 0.2) is 0 Å². The molecule has 2 N–H and O–H groups in total. The molecule has 0 radical (unpaired) electrons. The Kier molecular flexibility index (Phi) is 5.01. The van der Waals surface area contributed by atoms with Crippen LogP contribution in [0.5, 0.6) is 0 Å². The molecule has 1 heterocycles. The van der Waals surface area contributed by atoms with E-state index in [9.17, 15) is 4.79 Å². The highest BCUT2D eigenvalue weighted by atomic mass is 16.2. The number of anilines is 1. The molecule has 0 aromatic heterocycles. The molecule has 4 nitrogen and oxygen atoms in total. The maximum absolute atomic E-state index is 12.5. The molecule has 0 bridgehead atoms. The molecule has 4 heteroatoms. The maximum Gasteiger partial charge on any atom is 0.231 e. The largest absolute Gasteiger partial charge is 0.326 e. The van der Waals surface area contributed by atoms with E-state index >= 15 is 0 Å². The van der Waals surface area contributed by atoms with Crippen molar-refractivity contribution in [1.82, 2.24) is 10.2 Å². The molecular weight excluding hydrogens is 262 g/mol. The number of carbonyl (C=O) groups is 1. The van der Waals surface area contributed by atoms with Gasteiger partial charge in [-0.25, -0.2) is 0 Å². The Hall–Kier alpha value is -1.39. The molecule has 1 saturated heterocycles. The van der Waals surface area contributed by atoms with E-state index < -0.39 is 5.41 Å². The van der Waals surface area contributed by atoms with E-state index in [0.29, 0.717) is 12.1 Å². The summed E-state index contributed by atoms with van der Waals surface area (Å²) in [4.78, 5) is 15.0. The summed E-state index contributed by atoms with van der Waals surface area (Å²) in [6.45, 7) is 11.2. The van der Waals surface area contributed by atoms with Gasteiger partial charge >= 0.3 is 0 Å². The van der Waals surface area contributed by atoms with E-state index in [1.165, 1.54) is 0 Å². The first kappa shape index (κ1) is 16.0. The zero-order valence-corrected chi connectivity index (χ0v) is 13.5. The number of hydrogen-bond acceptors (Lipinski definition) is 3. The van der Waals surface area contributed by atoms with Gasteiger partial charge in [-0.15, -0.1) is 0 Å². The first-order chi connectivity index (χ1) is 9.88. The molecule has 0 spiro atoms. The molecule has 2 rings (SSSR count). The van der Waals surface area contributed by atoms with Crippen molar-refractivity contribution in [2.45, 2.75) is 39.8 Å². The summed E-state index contributed by atoms with van der Waals surface area (Å²) < 4.78 is 0. The van der Waals surface area contributed by atoms with Gasteiger partial charge < -0.3 is 10.6 Å². The molecule has 1 aliphatic heterocycles. The van der Waals surface area contributed by atoms with Crippen LogP contribution in [0.1, 0.15) is 27.7 Å². The second-order valence-corrected chi connectivity index (χ2v) is 6.79. The van der Waals surface area contributed by atoms with Crippen molar-refractivity contribution in [3.05, 3.63) is 30.3 Å². The van der Waals surface area contributed by atoms with Crippen molar-refractivity contribution in [3.63, 3.8) is 0 Å². The minimum atomic E-state index is -0.416. The standard InChI is InChI=1S/C17H27N3O/c1-13-11-20(14(2)10-18-13)12-17(3,4)16(21)19-15-8-6-5-7-9-15/h5-9,13-14,18H,10-12H2,1-4H3,(H,19,21). The van der Waals surface area contributed by atoms with E-state index in [1.54, 1.807) is 0 Å². The molecule has 2 atom stereocenters. The molecule has 21 heavy (non-hydrogen) atoms. The lowest BCUT2D eigenvalue weighted by Crippen LogP contribution is -2.57. The Morgan fingerprint density at radius 1 is 1.33 bits per heavy atom. The Morgan fingerprint density at radius 2 is 2.00 bits per heavy atom. The van der Waals surface area contributed by atoms with Gasteiger partial charge in [0.05, 0.1) is 5.41 Å². The molecule has 0 aliphatic carbocycles. The van der Waals surface area contributed by atoms with Gasteiger partial charge in [0.25, 0.3) is 0 Å². The minimum absolute atomic E-state index is 0.0760. The summed E-state index contributed by atoms with van der Waals surface area (Å²) in [6, 6.07) is 10.6. The van der Waals surface area contributed by atoms with Crippen molar-refractivity contribution >= 4 is 11.6 Å². The first-order valence-electron chi connectivity index (χ1n) is 7.72. The van der Waals surface area contributed by atoms with Gasteiger partial charge in [0.2, 0.25) is 5.91 Å². The number of amides is 1. The van der Waals surface area contributed by atoms with Crippen LogP contribution in [0.25, 0.3) is 0 Å². The highest BCUT2D eigenvalue weighted by molar-refractivity contribution is 5.94. The molecule has 1 amide bonds. The number of carbonyl (C=O) groups excluding carboxylic acids is 1.